The monoisotopic (exact) mass is 1050 g/mol. The average molecular weight is 1050 g/mol. The van der Waals surface area contributed by atoms with Crippen molar-refractivity contribution in [1.82, 2.24) is 25.9 Å². The number of primary amides is 1. The van der Waals surface area contributed by atoms with Gasteiger partial charge in [-0.3, -0.25) is 33.6 Å². The summed E-state index contributed by atoms with van der Waals surface area (Å²) in [4.78, 5) is 102. The molecule has 0 radical (unpaired) electrons. The fraction of sp³-hybridized carbons (Fsp3) is 0.792. The van der Waals surface area contributed by atoms with E-state index in [0.717, 1.165) is 25.7 Å². The molecule has 0 spiro atoms. The van der Waals surface area contributed by atoms with Crippen LogP contribution in [0.4, 0.5) is 0 Å². The molecule has 0 saturated carbocycles. The van der Waals surface area contributed by atoms with E-state index in [1.807, 2.05) is 6.92 Å². The molecule has 1 heterocycles. The van der Waals surface area contributed by atoms with E-state index >= 15 is 0 Å². The summed E-state index contributed by atoms with van der Waals surface area (Å²) in [5.41, 5.74) is 12.0. The first-order valence-corrected chi connectivity index (χ1v) is 27.2. The number of imidazole rings is 1. The van der Waals surface area contributed by atoms with Crippen LogP contribution in [-0.2, 0) is 63.7 Å². The third-order valence-electron chi connectivity index (χ3n) is 12.1. The van der Waals surface area contributed by atoms with Gasteiger partial charge in [0.15, 0.2) is 5.78 Å². The standard InChI is InChI=1S/C29H54N2O7.C24H41N5O7/c1-3-4-5-6-7-8-9-10-11-12-13-14-15-18-27(33)31-26(29(35)36)20-19-25(32)17-16-21-37-22-23-38-24-28(34)30-2;1-2-7-35-8-9-36-15-23(33)28-6-4-3-5-17(21(31)11-18(14-30)24(26)34)10-22(32)20(25)12-19-13-27-16-29-19/h26H,3-24H2,1-2H3,(H,30,34)(H,31,33)(H,35,36);13,16-18,20,30H,2-12,14-15,25H2,1H3,(H2,26,34)(H,27,29)(H,28,33)/t26-;17-,18+,20+/m01/s1. The minimum absolute atomic E-state index is 0.0149. The largest absolute Gasteiger partial charge is 0.480 e. The number of nitrogens with two attached hydrogens (primary N) is 2. The maximum atomic E-state index is 12.9. The summed E-state index contributed by atoms with van der Waals surface area (Å²) >= 11 is 0. The van der Waals surface area contributed by atoms with Crippen molar-refractivity contribution in [2.45, 2.75) is 186 Å². The molecule has 0 aliphatic rings. The van der Waals surface area contributed by atoms with Crippen LogP contribution in [0.25, 0.3) is 0 Å². The lowest BCUT2D eigenvalue weighted by Gasteiger charge is -2.19. The van der Waals surface area contributed by atoms with E-state index in [4.69, 9.17) is 30.4 Å². The van der Waals surface area contributed by atoms with Crippen LogP contribution < -0.4 is 27.4 Å². The number of unbranched alkanes of at least 4 members (excludes halogenated alkanes) is 13. The molecule has 0 aliphatic heterocycles. The topological polar surface area (TPSA) is 331 Å². The van der Waals surface area contributed by atoms with E-state index in [0.29, 0.717) is 90.4 Å². The molecule has 4 atom stereocenters. The molecule has 0 unspecified atom stereocenters. The molecule has 21 nitrogen and oxygen atoms in total. The number of likely N-dealkylation sites (N-methyl/N-ethyl adjacent to an activating group) is 1. The van der Waals surface area contributed by atoms with E-state index < -0.39 is 42.4 Å². The number of aromatic nitrogens is 2. The molecule has 1 aromatic heterocycles. The highest BCUT2D eigenvalue weighted by atomic mass is 16.5. The maximum absolute atomic E-state index is 12.9. The van der Waals surface area contributed by atoms with Gasteiger partial charge >= 0.3 is 5.97 Å². The number of ether oxygens (including phenoxy) is 4. The smallest absolute Gasteiger partial charge is 0.326 e. The van der Waals surface area contributed by atoms with Crippen LogP contribution in [0.15, 0.2) is 12.5 Å². The second-order valence-corrected chi connectivity index (χ2v) is 18.7. The average Bonchev–Trinajstić information content (AvgIpc) is 3.90. The Morgan fingerprint density at radius 1 is 0.635 bits per heavy atom. The number of nitrogens with zero attached hydrogens (tertiary/aromatic N) is 1. The van der Waals surface area contributed by atoms with Crippen molar-refractivity contribution in [1.29, 1.82) is 0 Å². The van der Waals surface area contributed by atoms with Gasteiger partial charge in [-0.15, -0.1) is 0 Å². The number of Topliss-reactive ketones (excluding diaryl/α,β-unsaturated/α-hetero) is 3. The van der Waals surface area contributed by atoms with Gasteiger partial charge in [0.2, 0.25) is 23.6 Å². The predicted octanol–water partition coefficient (Wildman–Crippen LogP) is 4.58. The van der Waals surface area contributed by atoms with Crippen molar-refractivity contribution in [3.05, 3.63) is 18.2 Å². The lowest BCUT2D eigenvalue weighted by molar-refractivity contribution is -0.142. The first-order chi connectivity index (χ1) is 35.7. The SMILES string of the molecule is CCCCCCCCCCCCCCCC(=O)N[C@@H](CCC(=O)CCCOCCOCC(=O)NC)C(=O)O.CCCOCCOCC(=O)NCCCC[C@H](CC(=O)[C@@H](N)Cc1cnc[nH]1)C(=O)C[C@@H](CO)C(N)=O. The molecule has 74 heavy (non-hydrogen) atoms. The van der Waals surface area contributed by atoms with Crippen LogP contribution >= 0.6 is 0 Å². The molecule has 0 aromatic carbocycles. The van der Waals surface area contributed by atoms with Crippen molar-refractivity contribution < 1.29 is 67.5 Å². The molecule has 1 aromatic rings. The number of hydrogen-bond acceptors (Lipinski definition) is 15. The van der Waals surface area contributed by atoms with Crippen LogP contribution in [0.1, 0.15) is 174 Å². The number of rotatable bonds is 50. The summed E-state index contributed by atoms with van der Waals surface area (Å²) in [7, 11) is 1.53. The van der Waals surface area contributed by atoms with Gasteiger partial charge in [-0.25, -0.2) is 9.78 Å². The van der Waals surface area contributed by atoms with Crippen LogP contribution in [0.5, 0.6) is 0 Å². The number of aromatic amines is 1. The number of amides is 4. The normalized spacial score (nSPS) is 12.7. The van der Waals surface area contributed by atoms with E-state index in [1.54, 1.807) is 6.20 Å². The Kier molecular flexibility index (Phi) is 45.0. The minimum atomic E-state index is -1.11. The molecular weight excluding hydrogens is 959 g/mol. The number of aliphatic carboxylic acids is 1. The Bertz CT molecular complexity index is 1650. The Labute approximate surface area is 440 Å². The number of carbonyl (C=O) groups excluding carboxylic acids is 7. The first kappa shape index (κ1) is 69.3. The Balaban J connectivity index is 0.00000144. The van der Waals surface area contributed by atoms with Gasteiger partial charge in [-0.2, -0.15) is 0 Å². The lowest BCUT2D eigenvalue weighted by atomic mass is 9.85. The van der Waals surface area contributed by atoms with Gasteiger partial charge < -0.3 is 61.6 Å². The van der Waals surface area contributed by atoms with E-state index in [1.165, 1.54) is 77.6 Å². The second kappa shape index (κ2) is 48.0. The zero-order valence-corrected chi connectivity index (χ0v) is 45.1. The molecule has 0 fully saturated rings. The highest BCUT2D eigenvalue weighted by Crippen LogP contribution is 2.21. The quantitative estimate of drug-likeness (QED) is 0.0414. The highest BCUT2D eigenvalue weighted by molar-refractivity contribution is 5.92. The summed E-state index contributed by atoms with van der Waals surface area (Å²) in [5, 5.41) is 26.5. The highest BCUT2D eigenvalue weighted by Gasteiger charge is 2.28. The number of nitrogens with one attached hydrogen (secondary N) is 4. The molecule has 1 rings (SSSR count). The Hall–Kier alpha value is -4.67. The van der Waals surface area contributed by atoms with Gasteiger partial charge in [0, 0.05) is 83.1 Å². The lowest BCUT2D eigenvalue weighted by Crippen LogP contribution is -2.41. The number of ketones is 3. The number of aliphatic hydroxyl groups excluding tert-OH is 1. The fourth-order valence-electron chi connectivity index (χ4n) is 7.59. The summed E-state index contributed by atoms with van der Waals surface area (Å²) in [6.45, 7) is 6.47. The van der Waals surface area contributed by atoms with Gasteiger partial charge in [-0.05, 0) is 38.5 Å². The number of carboxylic acids is 1. The third-order valence-corrected chi connectivity index (χ3v) is 12.1. The van der Waals surface area contributed by atoms with Crippen molar-refractivity contribution in [2.24, 2.45) is 23.3 Å². The van der Waals surface area contributed by atoms with Gasteiger partial charge in [0.1, 0.15) is 30.8 Å². The summed E-state index contributed by atoms with van der Waals surface area (Å²) in [6, 6.07) is -1.85. The van der Waals surface area contributed by atoms with E-state index in [2.05, 4.69) is 32.8 Å². The number of aliphatic hydroxyl groups is 1. The molecule has 0 bridgehead atoms. The number of carboxylic acid groups (broad SMARTS) is 1. The molecule has 426 valence electrons. The van der Waals surface area contributed by atoms with Crippen molar-refractivity contribution in [3.63, 3.8) is 0 Å². The number of hydrogen-bond donors (Lipinski definition) is 8. The van der Waals surface area contributed by atoms with Crippen LogP contribution in [-0.4, -0.2) is 152 Å². The van der Waals surface area contributed by atoms with E-state index in [9.17, 15) is 48.6 Å². The Morgan fingerprint density at radius 2 is 1.22 bits per heavy atom. The second-order valence-electron chi connectivity index (χ2n) is 18.7. The maximum Gasteiger partial charge on any atom is 0.326 e. The molecule has 10 N–H and O–H groups in total. The van der Waals surface area contributed by atoms with Crippen LogP contribution in [0.3, 0.4) is 0 Å². The number of carbonyl (C=O) groups is 8. The van der Waals surface area contributed by atoms with Crippen molar-refractivity contribution in [3.8, 4) is 0 Å². The van der Waals surface area contributed by atoms with Crippen molar-refractivity contribution in [2.75, 3.05) is 73.1 Å². The molecule has 4 amide bonds. The molecule has 0 saturated heterocycles. The molecule has 21 heteroatoms. The summed E-state index contributed by atoms with van der Waals surface area (Å²) in [6.07, 6.45) is 22.7. The predicted molar refractivity (Wildman–Crippen MR) is 281 cm³/mol. The van der Waals surface area contributed by atoms with Crippen LogP contribution in [0, 0.1) is 11.8 Å². The Morgan fingerprint density at radius 3 is 1.77 bits per heavy atom. The van der Waals surface area contributed by atoms with Crippen molar-refractivity contribution >= 4 is 46.9 Å². The number of H-pyrrole nitrogens is 1. The molecular formula is C53H95N7O14. The summed E-state index contributed by atoms with van der Waals surface area (Å²) in [5.74, 6) is -4.92. The third kappa shape index (κ3) is 40.7. The first-order valence-electron chi connectivity index (χ1n) is 27.2. The van der Waals surface area contributed by atoms with Gasteiger partial charge in [0.25, 0.3) is 0 Å². The van der Waals surface area contributed by atoms with Gasteiger partial charge in [-0.1, -0.05) is 97.3 Å². The fourth-order valence-corrected chi connectivity index (χ4v) is 7.59. The van der Waals surface area contributed by atoms with Crippen LogP contribution in [0.2, 0.25) is 0 Å². The minimum Gasteiger partial charge on any atom is -0.480 e. The van der Waals surface area contributed by atoms with Gasteiger partial charge in [0.05, 0.1) is 51.3 Å². The van der Waals surface area contributed by atoms with E-state index in [-0.39, 0.29) is 80.4 Å². The molecule has 0 aliphatic carbocycles. The zero-order valence-electron chi connectivity index (χ0n) is 45.1. The zero-order chi connectivity index (χ0) is 55.0. The summed E-state index contributed by atoms with van der Waals surface area (Å²) < 4.78 is 21.0.